The van der Waals surface area contributed by atoms with Gasteiger partial charge in [0.2, 0.25) is 0 Å². The fraction of sp³-hybridized carbons (Fsp3) is 0.880. The van der Waals surface area contributed by atoms with Crippen molar-refractivity contribution in [1.29, 1.82) is 0 Å². The van der Waals surface area contributed by atoms with Crippen molar-refractivity contribution < 1.29 is 21.7 Å². The predicted octanol–water partition coefficient (Wildman–Crippen LogP) is 7.52. The van der Waals surface area contributed by atoms with Crippen LogP contribution in [0.15, 0.2) is 0 Å². The van der Waals surface area contributed by atoms with Crippen LogP contribution in [0.25, 0.3) is 4.98 Å². The molecule has 4 rings (SSSR count). The van der Waals surface area contributed by atoms with Crippen molar-refractivity contribution in [2.75, 3.05) is 0 Å². The SMILES string of the molecule is CC1CCC2C(C1)C1C3CCCCC3CC1N2[Si](C)(C)[N-]C(C)(C)C.[CH3-].[CH3-].[CH3-].[Ti+4]. The third-order valence-corrected chi connectivity index (χ3v) is 11.2. The first kappa shape index (κ1) is 29.9. The monoisotopic (exact) mass is 454 g/mol. The van der Waals surface area contributed by atoms with Crippen LogP contribution in [0.2, 0.25) is 13.1 Å². The Morgan fingerprint density at radius 3 is 2.07 bits per heavy atom. The van der Waals surface area contributed by atoms with Crippen molar-refractivity contribution >= 4 is 8.40 Å². The second-order valence-corrected chi connectivity index (χ2v) is 15.2. The fourth-order valence-electron chi connectivity index (χ4n) is 7.79. The van der Waals surface area contributed by atoms with E-state index in [9.17, 15) is 0 Å². The summed E-state index contributed by atoms with van der Waals surface area (Å²) in [6, 6.07) is 1.74. The minimum Gasteiger partial charge on any atom is -0.647 e. The van der Waals surface area contributed by atoms with E-state index in [1.54, 1.807) is 0 Å². The van der Waals surface area contributed by atoms with Gasteiger partial charge in [0.1, 0.15) is 0 Å². The molecule has 0 aromatic rings. The first-order valence-electron chi connectivity index (χ1n) is 11.2. The smallest absolute Gasteiger partial charge is 0.647 e. The van der Waals surface area contributed by atoms with Crippen LogP contribution in [0.3, 0.4) is 0 Å². The van der Waals surface area contributed by atoms with E-state index in [-0.39, 0.29) is 49.5 Å². The minimum atomic E-state index is -1.73. The van der Waals surface area contributed by atoms with Gasteiger partial charge in [-0.3, -0.25) is 0 Å². The van der Waals surface area contributed by atoms with Gasteiger partial charge in [0.25, 0.3) is 0 Å². The molecule has 7 unspecified atom stereocenters. The van der Waals surface area contributed by atoms with Crippen molar-refractivity contribution in [1.82, 2.24) is 4.57 Å². The van der Waals surface area contributed by atoms with Crippen LogP contribution in [0.4, 0.5) is 0 Å². The summed E-state index contributed by atoms with van der Waals surface area (Å²) in [5.41, 5.74) is 0.108. The Kier molecular flexibility index (Phi) is 11.0. The molecule has 0 spiro atoms. The van der Waals surface area contributed by atoms with Gasteiger partial charge in [-0.25, -0.2) is 0 Å². The molecule has 7 atom stereocenters. The standard InChI is InChI=1S/C22H41N2Si.3CH3.Ti/c1-15-11-12-19-18(13-15)21-17-10-8-7-9-16(17)14-20(21)24(19)25(5,6)23-22(2,3)4;;;;/h15-21H,7-14H2,1-6H3;3*1H3;/q4*-1;+4. The third-order valence-electron chi connectivity index (χ3n) is 8.02. The van der Waals surface area contributed by atoms with Gasteiger partial charge in [0.15, 0.2) is 0 Å². The number of nitrogens with zero attached hydrogens (tertiary/aromatic N) is 2. The van der Waals surface area contributed by atoms with Crippen molar-refractivity contribution in [3.63, 3.8) is 0 Å². The molecule has 2 nitrogen and oxygen atoms in total. The molecule has 4 aliphatic rings. The second kappa shape index (κ2) is 10.6. The van der Waals surface area contributed by atoms with E-state index in [1.165, 1.54) is 51.4 Å². The molecule has 1 aliphatic heterocycles. The van der Waals surface area contributed by atoms with Gasteiger partial charge >= 0.3 is 21.7 Å². The first-order valence-corrected chi connectivity index (χ1v) is 14.1. The van der Waals surface area contributed by atoms with E-state index in [4.69, 9.17) is 4.98 Å². The summed E-state index contributed by atoms with van der Waals surface area (Å²) >= 11 is 0. The summed E-state index contributed by atoms with van der Waals surface area (Å²) in [4.78, 5) is 5.48. The largest absolute Gasteiger partial charge is 4.00 e. The Hall–Kier alpha value is 0.851. The number of rotatable bonds is 2. The Labute approximate surface area is 200 Å². The van der Waals surface area contributed by atoms with E-state index in [0.29, 0.717) is 0 Å². The van der Waals surface area contributed by atoms with Gasteiger partial charge in [-0.1, -0.05) is 60.1 Å². The predicted molar refractivity (Wildman–Crippen MR) is 129 cm³/mol. The molecule has 0 aromatic carbocycles. The summed E-state index contributed by atoms with van der Waals surface area (Å²) < 4.78 is 3.10. The molecule has 3 aliphatic carbocycles. The molecule has 0 bridgehead atoms. The summed E-state index contributed by atoms with van der Waals surface area (Å²) in [6.07, 6.45) is 12.0. The third kappa shape index (κ3) is 5.62. The van der Waals surface area contributed by atoms with Gasteiger partial charge in [-0.05, 0) is 61.7 Å². The van der Waals surface area contributed by atoms with Crippen LogP contribution in [0.5, 0.6) is 0 Å². The zero-order valence-corrected chi connectivity index (χ0v) is 23.7. The molecule has 0 aromatic heterocycles. The maximum absolute atomic E-state index is 5.48. The van der Waals surface area contributed by atoms with E-state index in [2.05, 4.69) is 45.4 Å². The molecule has 4 heteroatoms. The zero-order chi connectivity index (χ0) is 18.0. The topological polar surface area (TPSA) is 17.3 Å². The maximum atomic E-state index is 5.48. The Morgan fingerprint density at radius 1 is 0.828 bits per heavy atom. The van der Waals surface area contributed by atoms with E-state index < -0.39 is 8.40 Å². The fourth-order valence-corrected chi connectivity index (χ4v) is 11.8. The number of hydrogen-bond donors (Lipinski definition) is 0. The molecule has 1 saturated heterocycles. The molecule has 0 radical (unpaired) electrons. The van der Waals surface area contributed by atoms with E-state index >= 15 is 0 Å². The van der Waals surface area contributed by atoms with E-state index in [1.807, 2.05) is 0 Å². The summed E-state index contributed by atoms with van der Waals surface area (Å²) in [7, 11) is -1.73. The van der Waals surface area contributed by atoms with Gasteiger partial charge in [-0.15, -0.1) is 5.54 Å². The normalized spacial score (nSPS) is 38.9. The first-order chi connectivity index (χ1) is 11.7. The zero-order valence-electron chi connectivity index (χ0n) is 21.1. The van der Waals surface area contributed by atoms with Crippen LogP contribution in [0, 0.1) is 51.9 Å². The van der Waals surface area contributed by atoms with Crippen LogP contribution in [-0.2, 0) is 21.7 Å². The number of hydrogen-bond acceptors (Lipinski definition) is 1. The molecular formula is C25H50N2SiTi. The molecule has 4 fully saturated rings. The Balaban J connectivity index is 0.00000196. The second-order valence-electron chi connectivity index (χ2n) is 11.4. The summed E-state index contributed by atoms with van der Waals surface area (Å²) in [6.45, 7) is 14.6. The average molecular weight is 455 g/mol. The van der Waals surface area contributed by atoms with Crippen LogP contribution in [-0.4, -0.2) is 30.6 Å². The van der Waals surface area contributed by atoms with Crippen molar-refractivity contribution in [3.05, 3.63) is 27.3 Å². The van der Waals surface area contributed by atoms with Gasteiger partial charge < -0.3 is 31.8 Å². The minimum absolute atomic E-state index is 0. The van der Waals surface area contributed by atoms with Gasteiger partial charge in [-0.2, -0.15) is 0 Å². The van der Waals surface area contributed by atoms with Crippen molar-refractivity contribution in [2.24, 2.45) is 29.6 Å². The molecular weight excluding hydrogens is 404 g/mol. The molecule has 3 saturated carbocycles. The number of fused-ring (bicyclic) bond motifs is 5. The van der Waals surface area contributed by atoms with Crippen LogP contribution in [0.1, 0.15) is 79.1 Å². The average Bonchev–Trinajstić information content (AvgIpc) is 2.98. The quantitative estimate of drug-likeness (QED) is 0.311. The Bertz CT molecular complexity index is 504. The Morgan fingerprint density at radius 2 is 1.45 bits per heavy atom. The van der Waals surface area contributed by atoms with Crippen molar-refractivity contribution in [2.45, 2.75) is 110 Å². The van der Waals surface area contributed by atoms with Crippen LogP contribution < -0.4 is 0 Å². The van der Waals surface area contributed by atoms with Gasteiger partial charge in [0, 0.05) is 20.5 Å². The van der Waals surface area contributed by atoms with Gasteiger partial charge in [0.05, 0.1) is 0 Å². The molecule has 0 N–H and O–H groups in total. The summed E-state index contributed by atoms with van der Waals surface area (Å²) in [5, 5.41) is 0. The molecule has 0 amide bonds. The van der Waals surface area contributed by atoms with Crippen molar-refractivity contribution in [3.8, 4) is 0 Å². The summed E-state index contributed by atoms with van der Waals surface area (Å²) in [5.74, 6) is 5.06. The molecule has 29 heavy (non-hydrogen) atoms. The molecule has 168 valence electrons. The maximum Gasteiger partial charge on any atom is 4.00 e. The van der Waals surface area contributed by atoms with Crippen LogP contribution >= 0.6 is 0 Å². The molecule has 1 heterocycles. The van der Waals surface area contributed by atoms with E-state index in [0.717, 1.165) is 41.7 Å².